The standard InChI is InChI=1S/C22H16Cl2N2O4/c1-29-18-4-2-3-15(11-18)21(27)26-25-13-14-5-8-17(9-6-14)30-22(28)19-10-7-16(23)12-20(19)24/h2-13H,1H3,(H,26,27)/b25-13-. The number of esters is 1. The molecule has 0 saturated heterocycles. The van der Waals surface area contributed by atoms with Gasteiger partial charge in [0, 0.05) is 10.6 Å². The molecule has 1 amide bonds. The quantitative estimate of drug-likeness (QED) is 0.252. The first-order chi connectivity index (χ1) is 14.5. The molecule has 0 unspecified atom stereocenters. The van der Waals surface area contributed by atoms with Gasteiger partial charge in [0.1, 0.15) is 11.5 Å². The van der Waals surface area contributed by atoms with Crippen LogP contribution in [0.3, 0.4) is 0 Å². The molecular formula is C22H16Cl2N2O4. The molecule has 6 nitrogen and oxygen atoms in total. The number of hydrogen-bond acceptors (Lipinski definition) is 5. The number of ether oxygens (including phenoxy) is 2. The number of carbonyl (C=O) groups excluding carboxylic acids is 2. The lowest BCUT2D eigenvalue weighted by Gasteiger charge is -2.06. The minimum atomic E-state index is -0.594. The molecule has 0 aliphatic carbocycles. The minimum absolute atomic E-state index is 0.211. The van der Waals surface area contributed by atoms with Gasteiger partial charge in [0.05, 0.1) is 23.9 Å². The molecule has 0 aliphatic heterocycles. The molecule has 30 heavy (non-hydrogen) atoms. The molecule has 3 aromatic rings. The lowest BCUT2D eigenvalue weighted by molar-refractivity contribution is 0.0734. The van der Waals surface area contributed by atoms with Crippen LogP contribution in [0.1, 0.15) is 26.3 Å². The topological polar surface area (TPSA) is 77.0 Å². The molecule has 0 saturated carbocycles. The SMILES string of the molecule is COc1cccc(C(=O)N/N=C\c2ccc(OC(=O)c3ccc(Cl)cc3Cl)cc2)c1. The predicted octanol–water partition coefficient (Wildman–Crippen LogP) is 4.99. The zero-order chi connectivity index (χ0) is 21.5. The molecule has 0 spiro atoms. The van der Waals surface area contributed by atoms with Crippen molar-refractivity contribution in [3.8, 4) is 11.5 Å². The molecule has 152 valence electrons. The van der Waals surface area contributed by atoms with E-state index in [1.165, 1.54) is 25.5 Å². The summed E-state index contributed by atoms with van der Waals surface area (Å²) in [5.41, 5.74) is 3.78. The van der Waals surface area contributed by atoms with E-state index in [9.17, 15) is 9.59 Å². The van der Waals surface area contributed by atoms with Crippen LogP contribution in [0.5, 0.6) is 11.5 Å². The molecule has 0 aromatic heterocycles. The largest absolute Gasteiger partial charge is 0.497 e. The number of rotatable bonds is 6. The maximum atomic E-state index is 12.2. The molecular weight excluding hydrogens is 427 g/mol. The smallest absolute Gasteiger partial charge is 0.345 e. The monoisotopic (exact) mass is 442 g/mol. The number of halogens is 2. The van der Waals surface area contributed by atoms with Gasteiger partial charge in [-0.1, -0.05) is 29.3 Å². The first kappa shape index (κ1) is 21.4. The van der Waals surface area contributed by atoms with Crippen molar-refractivity contribution in [3.63, 3.8) is 0 Å². The third-order valence-electron chi connectivity index (χ3n) is 3.95. The second-order valence-corrected chi connectivity index (χ2v) is 6.86. The maximum Gasteiger partial charge on any atom is 0.345 e. The van der Waals surface area contributed by atoms with Gasteiger partial charge in [0.25, 0.3) is 5.91 Å². The highest BCUT2D eigenvalue weighted by molar-refractivity contribution is 6.36. The number of hydrazone groups is 1. The van der Waals surface area contributed by atoms with Gasteiger partial charge in [-0.2, -0.15) is 5.10 Å². The zero-order valence-corrected chi connectivity index (χ0v) is 17.3. The van der Waals surface area contributed by atoms with Crippen molar-refractivity contribution in [3.05, 3.63) is 93.5 Å². The van der Waals surface area contributed by atoms with Gasteiger partial charge in [-0.3, -0.25) is 4.79 Å². The molecule has 0 radical (unpaired) electrons. The number of carbonyl (C=O) groups is 2. The summed E-state index contributed by atoms with van der Waals surface area (Å²) in [6.45, 7) is 0. The molecule has 0 bridgehead atoms. The molecule has 1 N–H and O–H groups in total. The van der Waals surface area contributed by atoms with Crippen molar-refractivity contribution >= 4 is 41.3 Å². The lowest BCUT2D eigenvalue weighted by Crippen LogP contribution is -2.17. The summed E-state index contributed by atoms with van der Waals surface area (Å²) in [7, 11) is 1.53. The molecule has 0 heterocycles. The van der Waals surface area contributed by atoms with E-state index < -0.39 is 5.97 Å². The van der Waals surface area contributed by atoms with Crippen molar-refractivity contribution in [1.29, 1.82) is 0 Å². The third kappa shape index (κ3) is 5.59. The molecule has 0 atom stereocenters. The van der Waals surface area contributed by atoms with E-state index in [1.807, 2.05) is 0 Å². The summed E-state index contributed by atoms with van der Waals surface area (Å²) < 4.78 is 10.4. The number of amides is 1. The number of hydrogen-bond donors (Lipinski definition) is 1. The van der Waals surface area contributed by atoms with Crippen LogP contribution in [-0.2, 0) is 0 Å². The normalized spacial score (nSPS) is 10.6. The Bertz CT molecular complexity index is 1100. The molecule has 0 aliphatic rings. The van der Waals surface area contributed by atoms with E-state index in [1.54, 1.807) is 54.6 Å². The van der Waals surface area contributed by atoms with Gasteiger partial charge in [-0.05, 0) is 66.2 Å². The van der Waals surface area contributed by atoms with Crippen LogP contribution in [0.15, 0.2) is 71.8 Å². The Kier molecular flexibility index (Phi) is 7.06. The van der Waals surface area contributed by atoms with E-state index in [0.717, 1.165) is 0 Å². The minimum Gasteiger partial charge on any atom is -0.497 e. The van der Waals surface area contributed by atoms with Crippen LogP contribution in [0.4, 0.5) is 0 Å². The van der Waals surface area contributed by atoms with E-state index in [2.05, 4.69) is 10.5 Å². The van der Waals surface area contributed by atoms with E-state index in [4.69, 9.17) is 32.7 Å². The predicted molar refractivity (Wildman–Crippen MR) is 116 cm³/mol. The highest BCUT2D eigenvalue weighted by Gasteiger charge is 2.13. The van der Waals surface area contributed by atoms with Crippen molar-refractivity contribution in [2.75, 3.05) is 7.11 Å². The first-order valence-electron chi connectivity index (χ1n) is 8.71. The Morgan fingerprint density at radius 1 is 0.967 bits per heavy atom. The molecule has 0 fully saturated rings. The van der Waals surface area contributed by atoms with Crippen molar-refractivity contribution in [1.82, 2.24) is 5.43 Å². The Labute approximate surface area is 183 Å². The van der Waals surface area contributed by atoms with Gasteiger partial charge >= 0.3 is 5.97 Å². The molecule has 3 aromatic carbocycles. The highest BCUT2D eigenvalue weighted by atomic mass is 35.5. The summed E-state index contributed by atoms with van der Waals surface area (Å²) in [4.78, 5) is 24.3. The van der Waals surface area contributed by atoms with Crippen molar-refractivity contribution in [2.45, 2.75) is 0 Å². The Morgan fingerprint density at radius 3 is 2.43 bits per heavy atom. The van der Waals surface area contributed by atoms with Crippen LogP contribution in [0.2, 0.25) is 10.0 Å². The van der Waals surface area contributed by atoms with Crippen molar-refractivity contribution < 1.29 is 19.1 Å². The number of nitrogens with one attached hydrogen (secondary N) is 1. The van der Waals surface area contributed by atoms with Crippen molar-refractivity contribution in [2.24, 2.45) is 5.10 Å². The summed E-state index contributed by atoms with van der Waals surface area (Å²) in [6, 6.07) is 17.8. The van der Waals surface area contributed by atoms with Crippen LogP contribution >= 0.6 is 23.2 Å². The number of nitrogens with zero attached hydrogens (tertiary/aromatic N) is 1. The van der Waals surface area contributed by atoms with E-state index >= 15 is 0 Å². The summed E-state index contributed by atoms with van der Waals surface area (Å²) in [5, 5.41) is 4.57. The van der Waals surface area contributed by atoms with Gasteiger partial charge in [-0.15, -0.1) is 0 Å². The number of methoxy groups -OCH3 is 1. The molecule has 8 heteroatoms. The fraction of sp³-hybridized carbons (Fsp3) is 0.0455. The zero-order valence-electron chi connectivity index (χ0n) is 15.8. The summed E-state index contributed by atoms with van der Waals surface area (Å²) >= 11 is 11.8. The van der Waals surface area contributed by atoms with Gasteiger partial charge < -0.3 is 9.47 Å². The van der Waals surface area contributed by atoms with Crippen LogP contribution in [0, 0.1) is 0 Å². The second-order valence-electron chi connectivity index (χ2n) is 6.01. The van der Waals surface area contributed by atoms with E-state index in [0.29, 0.717) is 27.6 Å². The lowest BCUT2D eigenvalue weighted by atomic mass is 10.2. The van der Waals surface area contributed by atoms with E-state index in [-0.39, 0.29) is 16.5 Å². The fourth-order valence-corrected chi connectivity index (χ4v) is 2.92. The average molecular weight is 443 g/mol. The summed E-state index contributed by atoms with van der Waals surface area (Å²) in [6.07, 6.45) is 1.47. The van der Waals surface area contributed by atoms with Crippen LogP contribution < -0.4 is 14.9 Å². The Hall–Kier alpha value is -3.35. The number of benzene rings is 3. The van der Waals surface area contributed by atoms with Gasteiger partial charge in [0.15, 0.2) is 0 Å². The van der Waals surface area contributed by atoms with Gasteiger partial charge in [-0.25, -0.2) is 10.2 Å². The fourth-order valence-electron chi connectivity index (χ4n) is 2.43. The third-order valence-corrected chi connectivity index (χ3v) is 4.50. The van der Waals surface area contributed by atoms with Crippen LogP contribution in [0.25, 0.3) is 0 Å². The highest BCUT2D eigenvalue weighted by Crippen LogP contribution is 2.23. The Morgan fingerprint density at radius 2 is 1.73 bits per heavy atom. The first-order valence-corrected chi connectivity index (χ1v) is 9.46. The van der Waals surface area contributed by atoms with Crippen LogP contribution in [-0.4, -0.2) is 25.2 Å². The average Bonchev–Trinajstić information content (AvgIpc) is 2.74. The van der Waals surface area contributed by atoms with Gasteiger partial charge in [0.2, 0.25) is 0 Å². The molecule has 3 rings (SSSR count). The summed E-state index contributed by atoms with van der Waals surface area (Å²) in [5.74, 6) is -0.0422. The Balaban J connectivity index is 1.58. The maximum absolute atomic E-state index is 12.2. The second kappa shape index (κ2) is 9.91.